The molecule has 0 aromatic carbocycles. The number of hydrogen-bond donors (Lipinski definition) is 1. The van der Waals surface area contributed by atoms with Crippen LogP contribution in [0.1, 0.15) is 19.8 Å². The van der Waals surface area contributed by atoms with E-state index in [2.05, 4.69) is 10.1 Å². The fourth-order valence-electron chi connectivity index (χ4n) is 1.33. The van der Waals surface area contributed by atoms with Crippen molar-refractivity contribution in [2.24, 2.45) is 0 Å². The highest BCUT2D eigenvalue weighted by molar-refractivity contribution is 5.86. The molecule has 0 unspecified atom stereocenters. The topological polar surface area (TPSA) is 64.6 Å². The number of methoxy groups -OCH3 is 1. The van der Waals surface area contributed by atoms with Gasteiger partial charge in [-0.3, -0.25) is 4.79 Å². The Kier molecular flexibility index (Phi) is 3.88. The Labute approximate surface area is 82.8 Å². The van der Waals surface area contributed by atoms with E-state index in [1.165, 1.54) is 7.11 Å². The highest BCUT2D eigenvalue weighted by Gasteiger charge is 2.26. The lowest BCUT2D eigenvalue weighted by atomic mass is 10.2. The van der Waals surface area contributed by atoms with Crippen molar-refractivity contribution in [3.8, 4) is 0 Å². The van der Waals surface area contributed by atoms with Crippen LogP contribution in [0, 0.1) is 0 Å². The molecule has 1 rings (SSSR count). The third-order valence-corrected chi connectivity index (χ3v) is 2.14. The van der Waals surface area contributed by atoms with E-state index in [0.29, 0.717) is 6.61 Å². The summed E-state index contributed by atoms with van der Waals surface area (Å²) in [5.41, 5.74) is 0. The molecule has 0 bridgehead atoms. The zero-order valence-corrected chi connectivity index (χ0v) is 8.41. The van der Waals surface area contributed by atoms with Crippen LogP contribution in [0.3, 0.4) is 0 Å². The van der Waals surface area contributed by atoms with Gasteiger partial charge >= 0.3 is 5.97 Å². The van der Waals surface area contributed by atoms with Gasteiger partial charge in [-0.2, -0.15) is 0 Å². The lowest BCUT2D eigenvalue weighted by Gasteiger charge is -2.14. The highest BCUT2D eigenvalue weighted by atomic mass is 16.5. The first-order valence-corrected chi connectivity index (χ1v) is 4.65. The molecule has 1 fully saturated rings. The molecule has 2 atom stereocenters. The Bertz CT molecular complexity index is 223. The van der Waals surface area contributed by atoms with E-state index in [1.807, 2.05) is 0 Å². The lowest BCUT2D eigenvalue weighted by Crippen LogP contribution is -2.44. The molecule has 80 valence electrons. The van der Waals surface area contributed by atoms with E-state index in [4.69, 9.17) is 4.74 Å². The molecule has 5 nitrogen and oxygen atoms in total. The molecule has 0 aliphatic carbocycles. The quantitative estimate of drug-likeness (QED) is 0.644. The Balaban J connectivity index is 2.35. The zero-order chi connectivity index (χ0) is 10.6. The summed E-state index contributed by atoms with van der Waals surface area (Å²) >= 11 is 0. The summed E-state index contributed by atoms with van der Waals surface area (Å²) in [6, 6.07) is -0.614. The van der Waals surface area contributed by atoms with Crippen LogP contribution < -0.4 is 5.32 Å². The molecule has 1 amide bonds. The van der Waals surface area contributed by atoms with Gasteiger partial charge in [0.05, 0.1) is 7.11 Å². The fraction of sp³-hybridized carbons (Fsp3) is 0.778. The van der Waals surface area contributed by atoms with E-state index < -0.39 is 18.1 Å². The second-order valence-electron chi connectivity index (χ2n) is 3.26. The van der Waals surface area contributed by atoms with E-state index in [-0.39, 0.29) is 5.91 Å². The Hall–Kier alpha value is -1.10. The summed E-state index contributed by atoms with van der Waals surface area (Å²) in [6.45, 7) is 2.20. The molecule has 0 aromatic heterocycles. The minimum absolute atomic E-state index is 0.236. The average Bonchev–Trinajstić information content (AvgIpc) is 2.69. The van der Waals surface area contributed by atoms with Crippen LogP contribution in [0.4, 0.5) is 0 Å². The molecule has 1 saturated heterocycles. The van der Waals surface area contributed by atoms with Gasteiger partial charge in [0.25, 0.3) is 0 Å². The Morgan fingerprint density at radius 1 is 1.57 bits per heavy atom. The van der Waals surface area contributed by atoms with Crippen molar-refractivity contribution >= 4 is 11.9 Å². The maximum Gasteiger partial charge on any atom is 0.328 e. The first-order valence-electron chi connectivity index (χ1n) is 4.65. The van der Waals surface area contributed by atoms with Crippen molar-refractivity contribution in [2.75, 3.05) is 13.7 Å². The Morgan fingerprint density at radius 3 is 2.79 bits per heavy atom. The van der Waals surface area contributed by atoms with Gasteiger partial charge in [-0.15, -0.1) is 0 Å². The summed E-state index contributed by atoms with van der Waals surface area (Å²) in [4.78, 5) is 22.4. The fourth-order valence-corrected chi connectivity index (χ4v) is 1.33. The first kappa shape index (κ1) is 11.0. The van der Waals surface area contributed by atoms with Gasteiger partial charge in [0.1, 0.15) is 12.1 Å². The third-order valence-electron chi connectivity index (χ3n) is 2.14. The molecule has 1 aliphatic rings. The van der Waals surface area contributed by atoms with E-state index in [1.54, 1.807) is 6.92 Å². The average molecular weight is 201 g/mol. The van der Waals surface area contributed by atoms with E-state index >= 15 is 0 Å². The van der Waals surface area contributed by atoms with Gasteiger partial charge in [0.15, 0.2) is 0 Å². The molecule has 0 radical (unpaired) electrons. The summed E-state index contributed by atoms with van der Waals surface area (Å²) in [6.07, 6.45) is 1.21. The summed E-state index contributed by atoms with van der Waals surface area (Å²) in [7, 11) is 1.29. The second-order valence-corrected chi connectivity index (χ2v) is 3.26. The van der Waals surface area contributed by atoms with E-state index in [0.717, 1.165) is 12.8 Å². The van der Waals surface area contributed by atoms with Crippen LogP contribution in [0.2, 0.25) is 0 Å². The van der Waals surface area contributed by atoms with Gasteiger partial charge in [-0.1, -0.05) is 0 Å². The molecule has 0 saturated carbocycles. The normalized spacial score (nSPS) is 22.9. The predicted octanol–water partition coefficient (Wildman–Crippen LogP) is -0.157. The molecule has 0 aromatic rings. The van der Waals surface area contributed by atoms with Crippen LogP contribution in [-0.4, -0.2) is 37.7 Å². The van der Waals surface area contributed by atoms with Gasteiger partial charge < -0.3 is 14.8 Å². The van der Waals surface area contributed by atoms with Crippen LogP contribution in [-0.2, 0) is 19.1 Å². The number of esters is 1. The number of carbonyl (C=O) groups is 2. The summed E-state index contributed by atoms with van der Waals surface area (Å²) < 4.78 is 9.65. The Morgan fingerprint density at radius 2 is 2.29 bits per heavy atom. The standard InChI is InChI=1S/C9H15NO4/c1-6(9(12)13-2)10-8(11)7-4-3-5-14-7/h6-7H,3-5H2,1-2H3,(H,10,11)/t6-,7+/m0/s1. The second kappa shape index (κ2) is 4.95. The van der Waals surface area contributed by atoms with Crippen LogP contribution >= 0.6 is 0 Å². The largest absolute Gasteiger partial charge is 0.467 e. The molecular formula is C9H15NO4. The zero-order valence-electron chi connectivity index (χ0n) is 8.41. The van der Waals surface area contributed by atoms with E-state index in [9.17, 15) is 9.59 Å². The van der Waals surface area contributed by atoms with Gasteiger partial charge in [-0.25, -0.2) is 4.79 Å². The molecule has 1 N–H and O–H groups in total. The lowest BCUT2D eigenvalue weighted by molar-refractivity contribution is -0.145. The van der Waals surface area contributed by atoms with Crippen LogP contribution in [0.25, 0.3) is 0 Å². The van der Waals surface area contributed by atoms with Crippen molar-refractivity contribution < 1.29 is 19.1 Å². The minimum atomic E-state index is -0.614. The van der Waals surface area contributed by atoms with Crippen LogP contribution in [0.15, 0.2) is 0 Å². The SMILES string of the molecule is COC(=O)[C@H](C)NC(=O)[C@H]1CCCO1. The summed E-state index contributed by atoms with van der Waals surface area (Å²) in [5, 5.41) is 2.53. The van der Waals surface area contributed by atoms with Gasteiger partial charge in [0, 0.05) is 6.61 Å². The number of nitrogens with one attached hydrogen (secondary N) is 1. The molecule has 1 heterocycles. The highest BCUT2D eigenvalue weighted by Crippen LogP contribution is 2.11. The smallest absolute Gasteiger partial charge is 0.328 e. The number of ether oxygens (including phenoxy) is 2. The summed E-state index contributed by atoms with van der Waals surface area (Å²) in [5.74, 6) is -0.684. The van der Waals surface area contributed by atoms with Crippen LogP contribution in [0.5, 0.6) is 0 Å². The van der Waals surface area contributed by atoms with Gasteiger partial charge in [-0.05, 0) is 19.8 Å². The molecule has 1 aliphatic heterocycles. The van der Waals surface area contributed by atoms with Crippen molar-refractivity contribution in [1.29, 1.82) is 0 Å². The van der Waals surface area contributed by atoms with Crippen molar-refractivity contribution in [1.82, 2.24) is 5.32 Å². The van der Waals surface area contributed by atoms with Crippen molar-refractivity contribution in [2.45, 2.75) is 31.9 Å². The number of hydrogen-bond acceptors (Lipinski definition) is 4. The maximum absolute atomic E-state index is 11.4. The van der Waals surface area contributed by atoms with Crippen molar-refractivity contribution in [3.05, 3.63) is 0 Å². The molecule has 0 spiro atoms. The first-order chi connectivity index (χ1) is 6.65. The van der Waals surface area contributed by atoms with Crippen molar-refractivity contribution in [3.63, 3.8) is 0 Å². The molecule has 5 heteroatoms. The maximum atomic E-state index is 11.4. The monoisotopic (exact) mass is 201 g/mol. The predicted molar refractivity (Wildman–Crippen MR) is 48.6 cm³/mol. The minimum Gasteiger partial charge on any atom is -0.467 e. The molecule has 14 heavy (non-hydrogen) atoms. The number of carbonyl (C=O) groups excluding carboxylic acids is 2. The third kappa shape index (κ3) is 2.70. The molecular weight excluding hydrogens is 186 g/mol. The number of rotatable bonds is 3. The van der Waals surface area contributed by atoms with Gasteiger partial charge in [0.2, 0.25) is 5.91 Å². The number of amides is 1.